The number of hydrogen-bond donors (Lipinski definition) is 1. The first kappa shape index (κ1) is 16.6. The van der Waals surface area contributed by atoms with Gasteiger partial charge in [-0.15, -0.1) is 0 Å². The third-order valence-corrected chi connectivity index (χ3v) is 4.53. The third kappa shape index (κ3) is 4.33. The number of halogens is 1. The molecule has 21 heavy (non-hydrogen) atoms. The SMILES string of the molecule is COCCNCc1c(Cl)cccc1N1CCN(C)C(C)C1. The Kier molecular flexibility index (Phi) is 6.30. The highest BCUT2D eigenvalue weighted by Crippen LogP contribution is 2.29. The number of ether oxygens (including phenoxy) is 1. The molecule has 1 aromatic carbocycles. The largest absolute Gasteiger partial charge is 0.383 e. The smallest absolute Gasteiger partial charge is 0.0587 e. The lowest BCUT2D eigenvalue weighted by Gasteiger charge is -2.40. The van der Waals surface area contributed by atoms with E-state index in [0.717, 1.165) is 37.7 Å². The summed E-state index contributed by atoms with van der Waals surface area (Å²) in [6, 6.07) is 6.75. The van der Waals surface area contributed by atoms with Gasteiger partial charge in [-0.3, -0.25) is 0 Å². The van der Waals surface area contributed by atoms with E-state index in [2.05, 4.69) is 35.2 Å². The molecule has 1 heterocycles. The summed E-state index contributed by atoms with van der Waals surface area (Å²) in [5.41, 5.74) is 2.44. The zero-order chi connectivity index (χ0) is 15.2. The fraction of sp³-hybridized carbons (Fsp3) is 0.625. The maximum Gasteiger partial charge on any atom is 0.0587 e. The number of rotatable bonds is 6. The van der Waals surface area contributed by atoms with Crippen molar-refractivity contribution in [1.29, 1.82) is 0 Å². The van der Waals surface area contributed by atoms with Crippen molar-refractivity contribution in [3.05, 3.63) is 28.8 Å². The van der Waals surface area contributed by atoms with Gasteiger partial charge in [0.25, 0.3) is 0 Å². The van der Waals surface area contributed by atoms with Gasteiger partial charge in [-0.1, -0.05) is 17.7 Å². The average Bonchev–Trinajstić information content (AvgIpc) is 2.48. The van der Waals surface area contributed by atoms with Crippen LogP contribution in [0.1, 0.15) is 12.5 Å². The Morgan fingerprint density at radius 2 is 2.19 bits per heavy atom. The van der Waals surface area contributed by atoms with Crippen molar-refractivity contribution in [2.45, 2.75) is 19.5 Å². The number of methoxy groups -OCH3 is 1. The highest BCUT2D eigenvalue weighted by atomic mass is 35.5. The lowest BCUT2D eigenvalue weighted by molar-refractivity contribution is 0.199. The number of anilines is 1. The Hall–Kier alpha value is -0.810. The molecule has 2 rings (SSSR count). The lowest BCUT2D eigenvalue weighted by Crippen LogP contribution is -2.50. The van der Waals surface area contributed by atoms with Crippen molar-refractivity contribution in [1.82, 2.24) is 10.2 Å². The molecule has 0 amide bonds. The van der Waals surface area contributed by atoms with E-state index < -0.39 is 0 Å². The van der Waals surface area contributed by atoms with Gasteiger partial charge in [-0.05, 0) is 26.1 Å². The van der Waals surface area contributed by atoms with E-state index in [0.29, 0.717) is 12.6 Å². The van der Waals surface area contributed by atoms with Gasteiger partial charge in [0.15, 0.2) is 0 Å². The van der Waals surface area contributed by atoms with Crippen molar-refractivity contribution in [2.75, 3.05) is 51.8 Å². The Morgan fingerprint density at radius 3 is 2.90 bits per heavy atom. The molecule has 0 spiro atoms. The molecule has 1 aliphatic heterocycles. The van der Waals surface area contributed by atoms with Crippen LogP contribution in [0.15, 0.2) is 18.2 Å². The van der Waals surface area contributed by atoms with Crippen LogP contribution in [0.3, 0.4) is 0 Å². The van der Waals surface area contributed by atoms with E-state index in [4.69, 9.17) is 16.3 Å². The quantitative estimate of drug-likeness (QED) is 0.815. The first-order valence-corrected chi connectivity index (χ1v) is 7.93. The fourth-order valence-electron chi connectivity index (χ4n) is 2.67. The Balaban J connectivity index is 2.09. The first-order valence-electron chi connectivity index (χ1n) is 7.55. The number of benzene rings is 1. The molecule has 0 aliphatic carbocycles. The van der Waals surface area contributed by atoms with Crippen molar-refractivity contribution in [3.8, 4) is 0 Å². The van der Waals surface area contributed by atoms with E-state index in [9.17, 15) is 0 Å². The van der Waals surface area contributed by atoms with E-state index in [-0.39, 0.29) is 0 Å². The van der Waals surface area contributed by atoms with Gasteiger partial charge in [0, 0.05) is 62.1 Å². The van der Waals surface area contributed by atoms with Crippen molar-refractivity contribution < 1.29 is 4.74 Å². The molecule has 0 saturated carbocycles. The molecule has 1 fully saturated rings. The predicted octanol–water partition coefficient (Wildman–Crippen LogP) is 2.22. The summed E-state index contributed by atoms with van der Waals surface area (Å²) in [6.45, 7) is 7.77. The molecular weight excluding hydrogens is 286 g/mol. The first-order chi connectivity index (χ1) is 10.1. The highest BCUT2D eigenvalue weighted by molar-refractivity contribution is 6.31. The molecule has 1 atom stereocenters. The number of nitrogens with one attached hydrogen (secondary N) is 1. The molecule has 5 heteroatoms. The molecule has 1 unspecified atom stereocenters. The second-order valence-electron chi connectivity index (χ2n) is 5.68. The molecule has 0 bridgehead atoms. The Labute approximate surface area is 133 Å². The van der Waals surface area contributed by atoms with Crippen LogP contribution in [-0.4, -0.2) is 57.9 Å². The van der Waals surface area contributed by atoms with Crippen LogP contribution >= 0.6 is 11.6 Å². The topological polar surface area (TPSA) is 27.7 Å². The zero-order valence-electron chi connectivity index (χ0n) is 13.2. The highest BCUT2D eigenvalue weighted by Gasteiger charge is 2.22. The number of likely N-dealkylation sites (N-methyl/N-ethyl adjacent to an activating group) is 1. The molecule has 118 valence electrons. The molecule has 1 aliphatic rings. The van der Waals surface area contributed by atoms with E-state index in [1.54, 1.807) is 7.11 Å². The van der Waals surface area contributed by atoms with Crippen LogP contribution in [0.5, 0.6) is 0 Å². The average molecular weight is 312 g/mol. The second kappa shape index (κ2) is 7.99. The molecule has 4 nitrogen and oxygen atoms in total. The van der Waals surface area contributed by atoms with E-state index >= 15 is 0 Å². The third-order valence-electron chi connectivity index (χ3n) is 4.18. The summed E-state index contributed by atoms with van der Waals surface area (Å²) in [7, 11) is 3.90. The maximum absolute atomic E-state index is 6.42. The molecule has 1 N–H and O–H groups in total. The zero-order valence-corrected chi connectivity index (χ0v) is 14.0. The molecule has 1 aromatic rings. The van der Waals surface area contributed by atoms with E-state index in [1.807, 2.05) is 12.1 Å². The molecule has 0 radical (unpaired) electrons. The summed E-state index contributed by atoms with van der Waals surface area (Å²) in [6.07, 6.45) is 0. The minimum Gasteiger partial charge on any atom is -0.383 e. The van der Waals surface area contributed by atoms with Crippen molar-refractivity contribution in [3.63, 3.8) is 0 Å². The number of nitrogens with zero attached hydrogens (tertiary/aromatic N) is 2. The summed E-state index contributed by atoms with van der Waals surface area (Å²) >= 11 is 6.42. The minimum absolute atomic E-state index is 0.562. The summed E-state index contributed by atoms with van der Waals surface area (Å²) in [4.78, 5) is 4.85. The summed E-state index contributed by atoms with van der Waals surface area (Å²) in [5, 5.41) is 4.23. The van der Waals surface area contributed by atoms with Crippen LogP contribution in [0.4, 0.5) is 5.69 Å². The lowest BCUT2D eigenvalue weighted by atomic mass is 10.1. The maximum atomic E-state index is 6.42. The monoisotopic (exact) mass is 311 g/mol. The van der Waals surface area contributed by atoms with Crippen LogP contribution in [0.25, 0.3) is 0 Å². The standard InChI is InChI=1S/C16H26ClN3O/c1-13-12-20(9-8-19(13)2)16-6-4-5-15(17)14(16)11-18-7-10-21-3/h4-6,13,18H,7-12H2,1-3H3. The molecule has 0 aromatic heterocycles. The predicted molar refractivity (Wildman–Crippen MR) is 89.3 cm³/mol. The normalized spacial score (nSPS) is 20.0. The van der Waals surface area contributed by atoms with Gasteiger partial charge in [0.05, 0.1) is 6.61 Å². The summed E-state index contributed by atoms with van der Waals surface area (Å²) < 4.78 is 5.07. The second-order valence-corrected chi connectivity index (χ2v) is 6.09. The van der Waals surface area contributed by atoms with Crippen molar-refractivity contribution >= 4 is 17.3 Å². The fourth-order valence-corrected chi connectivity index (χ4v) is 2.91. The van der Waals surface area contributed by atoms with Gasteiger partial charge in [0.1, 0.15) is 0 Å². The van der Waals surface area contributed by atoms with Gasteiger partial charge in [-0.2, -0.15) is 0 Å². The van der Waals surface area contributed by atoms with Crippen LogP contribution < -0.4 is 10.2 Å². The molecule has 1 saturated heterocycles. The molecular formula is C16H26ClN3O. The van der Waals surface area contributed by atoms with Gasteiger partial charge in [0.2, 0.25) is 0 Å². The van der Waals surface area contributed by atoms with Crippen LogP contribution in [0, 0.1) is 0 Å². The van der Waals surface area contributed by atoms with Crippen LogP contribution in [-0.2, 0) is 11.3 Å². The number of piperazine rings is 1. The Morgan fingerprint density at radius 1 is 1.38 bits per heavy atom. The van der Waals surface area contributed by atoms with Crippen LogP contribution in [0.2, 0.25) is 5.02 Å². The van der Waals surface area contributed by atoms with Gasteiger partial charge < -0.3 is 19.9 Å². The Bertz CT molecular complexity index is 455. The van der Waals surface area contributed by atoms with Crippen molar-refractivity contribution in [2.24, 2.45) is 0 Å². The van der Waals surface area contributed by atoms with E-state index in [1.165, 1.54) is 11.3 Å². The minimum atomic E-state index is 0.562. The number of hydrogen-bond acceptors (Lipinski definition) is 4. The van der Waals surface area contributed by atoms with Gasteiger partial charge in [-0.25, -0.2) is 0 Å². The van der Waals surface area contributed by atoms with Gasteiger partial charge >= 0.3 is 0 Å². The summed E-state index contributed by atoms with van der Waals surface area (Å²) in [5.74, 6) is 0.